The van der Waals surface area contributed by atoms with E-state index in [0.29, 0.717) is 34.9 Å². The van der Waals surface area contributed by atoms with Crippen molar-refractivity contribution in [3.05, 3.63) is 125 Å². The number of rotatable bonds is 17. The van der Waals surface area contributed by atoms with Gasteiger partial charge in [0.25, 0.3) is 5.91 Å². The molecule has 0 saturated carbocycles. The smallest absolute Gasteiger partial charge is 0.411 e. The first-order valence-electron chi connectivity index (χ1n) is 15.9. The number of nitrogens with zero attached hydrogens (tertiary/aromatic N) is 1. The number of amides is 2. The largest absolute Gasteiger partial charge is 0.494 e. The first-order chi connectivity index (χ1) is 23.3. The van der Waals surface area contributed by atoms with Crippen molar-refractivity contribution in [1.29, 1.82) is 0 Å². The number of benzene rings is 4. The van der Waals surface area contributed by atoms with E-state index in [1.807, 2.05) is 30.3 Å². The SMILES string of the molecule is CCCCCCCOc1ccc(C(=O)Oc2ccc(CN(CC(=O)O)C(=O)c3ccc(NC(=O)OCc4ccccc4)cc3)cc2)cc1. The lowest BCUT2D eigenvalue weighted by Crippen LogP contribution is -2.35. The number of nitrogens with one attached hydrogen (secondary N) is 1. The van der Waals surface area contributed by atoms with E-state index >= 15 is 0 Å². The highest BCUT2D eigenvalue weighted by Gasteiger charge is 2.20. The van der Waals surface area contributed by atoms with Gasteiger partial charge >= 0.3 is 18.0 Å². The summed E-state index contributed by atoms with van der Waals surface area (Å²) in [5.41, 5.74) is 2.52. The Kier molecular flexibility index (Phi) is 13.6. The zero-order chi connectivity index (χ0) is 34.1. The van der Waals surface area contributed by atoms with E-state index in [1.54, 1.807) is 48.5 Å². The van der Waals surface area contributed by atoms with E-state index in [2.05, 4.69) is 12.2 Å². The molecule has 0 aliphatic carbocycles. The standard InChI is InChI=1S/C38H40N2O8/c1-2-3-4-5-9-24-46-33-22-16-31(17-23-33)37(44)48-34-20-12-28(13-21-34)25-40(26-35(41)42)36(43)30-14-18-32(19-15-30)39-38(45)47-27-29-10-7-6-8-11-29/h6-8,10-23H,2-5,9,24-27H2,1H3,(H,39,45)(H,41,42). The lowest BCUT2D eigenvalue weighted by Gasteiger charge is -2.21. The van der Waals surface area contributed by atoms with Crippen molar-refractivity contribution in [3.63, 3.8) is 0 Å². The fourth-order valence-electron chi connectivity index (χ4n) is 4.75. The van der Waals surface area contributed by atoms with Crippen LogP contribution in [0.3, 0.4) is 0 Å². The van der Waals surface area contributed by atoms with Crippen molar-refractivity contribution < 1.29 is 38.5 Å². The molecular formula is C38H40N2O8. The van der Waals surface area contributed by atoms with Gasteiger partial charge in [-0.15, -0.1) is 0 Å². The van der Waals surface area contributed by atoms with Crippen molar-refractivity contribution in [3.8, 4) is 11.5 Å². The predicted octanol–water partition coefficient (Wildman–Crippen LogP) is 7.73. The number of carbonyl (C=O) groups excluding carboxylic acids is 3. The minimum atomic E-state index is -1.17. The van der Waals surface area contributed by atoms with Crippen LogP contribution in [0.15, 0.2) is 103 Å². The quantitative estimate of drug-likeness (QED) is 0.0673. The molecule has 0 radical (unpaired) electrons. The van der Waals surface area contributed by atoms with Crippen LogP contribution in [0.1, 0.15) is 70.9 Å². The third-order valence-corrected chi connectivity index (χ3v) is 7.32. The highest BCUT2D eigenvalue weighted by atomic mass is 16.5. The van der Waals surface area contributed by atoms with Gasteiger partial charge in [0.15, 0.2) is 0 Å². The van der Waals surface area contributed by atoms with E-state index in [0.717, 1.165) is 18.4 Å². The third-order valence-electron chi connectivity index (χ3n) is 7.32. The van der Waals surface area contributed by atoms with E-state index < -0.39 is 30.5 Å². The summed E-state index contributed by atoms with van der Waals surface area (Å²) < 4.78 is 16.5. The zero-order valence-corrected chi connectivity index (χ0v) is 26.9. The minimum absolute atomic E-state index is 0.00520. The highest BCUT2D eigenvalue weighted by Crippen LogP contribution is 2.19. The molecule has 0 aliphatic heterocycles. The van der Waals surface area contributed by atoms with Crippen LogP contribution in [0.2, 0.25) is 0 Å². The van der Waals surface area contributed by atoms with E-state index in [1.165, 1.54) is 48.4 Å². The molecule has 0 bridgehead atoms. The summed E-state index contributed by atoms with van der Waals surface area (Å²) in [5, 5.41) is 12.1. The van der Waals surface area contributed by atoms with E-state index in [4.69, 9.17) is 14.2 Å². The Morgan fingerprint density at radius 2 is 1.35 bits per heavy atom. The Morgan fingerprint density at radius 1 is 0.708 bits per heavy atom. The maximum atomic E-state index is 13.3. The topological polar surface area (TPSA) is 131 Å². The van der Waals surface area contributed by atoms with Crippen LogP contribution in [-0.4, -0.2) is 47.1 Å². The van der Waals surface area contributed by atoms with Gasteiger partial charge in [0.2, 0.25) is 0 Å². The van der Waals surface area contributed by atoms with Crippen LogP contribution >= 0.6 is 0 Å². The van der Waals surface area contributed by atoms with Gasteiger partial charge in [0.05, 0.1) is 12.2 Å². The van der Waals surface area contributed by atoms with Gasteiger partial charge in [-0.2, -0.15) is 0 Å². The molecule has 0 saturated heterocycles. The third kappa shape index (κ3) is 11.6. The van der Waals surface area contributed by atoms with Gasteiger partial charge in [-0.25, -0.2) is 9.59 Å². The summed E-state index contributed by atoms with van der Waals surface area (Å²) in [7, 11) is 0. The Bertz CT molecular complexity index is 1620. The summed E-state index contributed by atoms with van der Waals surface area (Å²) in [4.78, 5) is 50.9. The van der Waals surface area contributed by atoms with E-state index in [9.17, 15) is 24.3 Å². The number of hydrogen-bond acceptors (Lipinski definition) is 7. The van der Waals surface area contributed by atoms with Crippen LogP contribution < -0.4 is 14.8 Å². The number of carboxylic acids is 1. The number of esters is 1. The second-order valence-electron chi connectivity index (χ2n) is 11.1. The minimum Gasteiger partial charge on any atom is -0.494 e. The molecule has 4 rings (SSSR count). The average Bonchev–Trinajstić information content (AvgIpc) is 3.10. The van der Waals surface area contributed by atoms with Crippen LogP contribution in [-0.2, 0) is 22.7 Å². The van der Waals surface area contributed by atoms with Gasteiger partial charge in [-0.3, -0.25) is 14.9 Å². The van der Waals surface area contributed by atoms with Crippen LogP contribution in [0, 0.1) is 0 Å². The van der Waals surface area contributed by atoms with Gasteiger partial charge < -0.3 is 24.2 Å². The van der Waals surface area contributed by atoms with Crippen LogP contribution in [0.4, 0.5) is 10.5 Å². The van der Waals surface area contributed by atoms with Gasteiger partial charge in [-0.05, 0) is 78.2 Å². The fourth-order valence-corrected chi connectivity index (χ4v) is 4.75. The molecule has 0 atom stereocenters. The number of hydrogen-bond donors (Lipinski definition) is 2. The molecule has 2 N–H and O–H groups in total. The predicted molar refractivity (Wildman–Crippen MR) is 181 cm³/mol. The molecule has 0 fully saturated rings. The number of aliphatic carboxylic acids is 1. The lowest BCUT2D eigenvalue weighted by molar-refractivity contribution is -0.137. The number of anilines is 1. The molecule has 250 valence electrons. The second kappa shape index (κ2) is 18.5. The van der Waals surface area contributed by atoms with Crippen molar-refractivity contribution in [2.24, 2.45) is 0 Å². The second-order valence-corrected chi connectivity index (χ2v) is 11.1. The molecule has 48 heavy (non-hydrogen) atoms. The molecule has 10 nitrogen and oxygen atoms in total. The zero-order valence-electron chi connectivity index (χ0n) is 26.9. The maximum Gasteiger partial charge on any atom is 0.411 e. The number of carboxylic acid groups (broad SMARTS) is 1. The molecule has 10 heteroatoms. The fraction of sp³-hybridized carbons (Fsp3) is 0.263. The molecule has 4 aromatic rings. The summed E-state index contributed by atoms with van der Waals surface area (Å²) in [6.07, 6.45) is 5.11. The molecule has 0 spiro atoms. The van der Waals surface area contributed by atoms with Crippen molar-refractivity contribution in [2.45, 2.75) is 52.2 Å². The molecule has 0 unspecified atom stereocenters. The van der Waals surface area contributed by atoms with Gasteiger partial charge in [-0.1, -0.05) is 75.1 Å². The highest BCUT2D eigenvalue weighted by molar-refractivity contribution is 5.96. The number of unbranched alkanes of at least 4 members (excludes halogenated alkanes) is 4. The van der Waals surface area contributed by atoms with Crippen LogP contribution in [0.5, 0.6) is 11.5 Å². The van der Waals surface area contributed by atoms with Crippen molar-refractivity contribution in [2.75, 3.05) is 18.5 Å². The summed E-state index contributed by atoms with van der Waals surface area (Å²) >= 11 is 0. The summed E-state index contributed by atoms with van der Waals surface area (Å²) in [6, 6.07) is 28.6. The Balaban J connectivity index is 1.28. The first-order valence-corrected chi connectivity index (χ1v) is 15.9. The van der Waals surface area contributed by atoms with E-state index in [-0.39, 0.29) is 18.7 Å². The molecule has 2 amide bonds. The number of ether oxygens (including phenoxy) is 3. The Hall–Kier alpha value is -5.64. The maximum absolute atomic E-state index is 13.3. The monoisotopic (exact) mass is 652 g/mol. The molecule has 0 heterocycles. The first kappa shape index (κ1) is 35.2. The van der Waals surface area contributed by atoms with Crippen molar-refractivity contribution in [1.82, 2.24) is 4.90 Å². The van der Waals surface area contributed by atoms with Gasteiger partial charge in [0, 0.05) is 17.8 Å². The molecule has 0 aliphatic rings. The molecule has 0 aromatic heterocycles. The van der Waals surface area contributed by atoms with Gasteiger partial charge in [0.1, 0.15) is 24.7 Å². The molecular weight excluding hydrogens is 612 g/mol. The summed E-state index contributed by atoms with van der Waals surface area (Å²) in [6.45, 7) is 2.40. The Labute approximate surface area is 280 Å². The molecule has 4 aromatic carbocycles. The lowest BCUT2D eigenvalue weighted by atomic mass is 10.1. The van der Waals surface area contributed by atoms with Crippen LogP contribution in [0.25, 0.3) is 0 Å². The normalized spacial score (nSPS) is 10.5. The average molecular weight is 653 g/mol. The van der Waals surface area contributed by atoms with Crippen molar-refractivity contribution >= 4 is 29.6 Å². The number of carbonyl (C=O) groups is 4. The summed E-state index contributed by atoms with van der Waals surface area (Å²) in [5.74, 6) is -1.21. The Morgan fingerprint density at radius 3 is 2.02 bits per heavy atom.